The van der Waals surface area contributed by atoms with Gasteiger partial charge in [-0.1, -0.05) is 26.0 Å². The first-order valence-electron chi connectivity index (χ1n) is 10.3. The van der Waals surface area contributed by atoms with Gasteiger partial charge in [0.25, 0.3) is 0 Å². The summed E-state index contributed by atoms with van der Waals surface area (Å²) in [5.74, 6) is 1.81. The second-order valence-corrected chi connectivity index (χ2v) is 9.98. The van der Waals surface area contributed by atoms with Crippen molar-refractivity contribution in [2.45, 2.75) is 38.1 Å². The SMILES string of the molecule is COc1cc(C)c(CN2CCN(S(=O)(=O)c3ccc(C(C)C)cc3)CC2)cc1OC. The zero-order valence-corrected chi connectivity index (χ0v) is 19.3. The first kappa shape index (κ1) is 22.6. The molecule has 0 bridgehead atoms. The molecule has 0 unspecified atom stereocenters. The van der Waals surface area contributed by atoms with Crippen LogP contribution in [0.25, 0.3) is 0 Å². The lowest BCUT2D eigenvalue weighted by atomic mass is 10.0. The van der Waals surface area contributed by atoms with Crippen molar-refractivity contribution in [3.05, 3.63) is 53.1 Å². The van der Waals surface area contributed by atoms with Crippen molar-refractivity contribution in [2.75, 3.05) is 40.4 Å². The van der Waals surface area contributed by atoms with Gasteiger partial charge in [0.2, 0.25) is 10.0 Å². The summed E-state index contributed by atoms with van der Waals surface area (Å²) in [6, 6.07) is 11.3. The van der Waals surface area contributed by atoms with Gasteiger partial charge in [-0.05, 0) is 53.8 Å². The zero-order chi connectivity index (χ0) is 21.9. The molecule has 0 N–H and O–H groups in total. The van der Waals surface area contributed by atoms with Crippen molar-refractivity contribution in [2.24, 2.45) is 0 Å². The standard InChI is InChI=1S/C23H32N2O4S/c1-17(2)19-6-8-21(9-7-19)30(26,27)25-12-10-24(11-13-25)16-20-15-23(29-5)22(28-4)14-18(20)3/h6-9,14-15,17H,10-13,16H2,1-5H3. The Hall–Kier alpha value is -2.09. The third-order valence-corrected chi connectivity index (χ3v) is 7.66. The molecule has 0 saturated carbocycles. The van der Waals surface area contributed by atoms with Crippen LogP contribution in [0.15, 0.2) is 41.3 Å². The fourth-order valence-corrected chi connectivity index (χ4v) is 5.16. The minimum atomic E-state index is -3.46. The van der Waals surface area contributed by atoms with E-state index in [-0.39, 0.29) is 0 Å². The lowest BCUT2D eigenvalue weighted by molar-refractivity contribution is 0.181. The molecule has 0 radical (unpaired) electrons. The molecule has 1 fully saturated rings. The molecular weight excluding hydrogens is 400 g/mol. The minimum Gasteiger partial charge on any atom is -0.493 e. The van der Waals surface area contributed by atoms with Gasteiger partial charge in [-0.25, -0.2) is 8.42 Å². The van der Waals surface area contributed by atoms with Crippen molar-refractivity contribution in [3.63, 3.8) is 0 Å². The van der Waals surface area contributed by atoms with Crippen LogP contribution in [0.4, 0.5) is 0 Å². The van der Waals surface area contributed by atoms with E-state index in [0.717, 1.165) is 29.0 Å². The average Bonchev–Trinajstić information content (AvgIpc) is 2.75. The number of sulfonamides is 1. The fraction of sp³-hybridized carbons (Fsp3) is 0.478. The summed E-state index contributed by atoms with van der Waals surface area (Å²) in [6.45, 7) is 9.36. The van der Waals surface area contributed by atoms with Crippen LogP contribution in [-0.4, -0.2) is 58.0 Å². The van der Waals surface area contributed by atoms with Crippen LogP contribution < -0.4 is 9.47 Å². The molecule has 1 heterocycles. The van der Waals surface area contributed by atoms with Crippen LogP contribution in [0.1, 0.15) is 36.5 Å². The Bertz CT molecular complexity index is 963. The molecule has 0 atom stereocenters. The molecule has 7 heteroatoms. The molecule has 1 saturated heterocycles. The molecule has 0 aromatic heterocycles. The Balaban J connectivity index is 1.66. The summed E-state index contributed by atoms with van der Waals surface area (Å²) >= 11 is 0. The van der Waals surface area contributed by atoms with E-state index in [9.17, 15) is 8.42 Å². The van der Waals surface area contributed by atoms with Crippen molar-refractivity contribution >= 4 is 10.0 Å². The van der Waals surface area contributed by atoms with Gasteiger partial charge >= 0.3 is 0 Å². The Kier molecular flexibility index (Phi) is 7.06. The zero-order valence-electron chi connectivity index (χ0n) is 18.5. The van der Waals surface area contributed by atoms with Crippen LogP contribution in [-0.2, 0) is 16.6 Å². The van der Waals surface area contributed by atoms with Crippen LogP contribution >= 0.6 is 0 Å². The minimum absolute atomic E-state index is 0.371. The number of piperazine rings is 1. The molecular formula is C23H32N2O4S. The number of ether oxygens (including phenoxy) is 2. The highest BCUT2D eigenvalue weighted by Crippen LogP contribution is 2.31. The molecule has 164 valence electrons. The van der Waals surface area contributed by atoms with E-state index in [0.29, 0.717) is 42.7 Å². The highest BCUT2D eigenvalue weighted by atomic mass is 32.2. The molecule has 0 spiro atoms. The number of aryl methyl sites for hydroxylation is 1. The Morgan fingerprint density at radius 1 is 0.933 bits per heavy atom. The topological polar surface area (TPSA) is 59.1 Å². The highest BCUT2D eigenvalue weighted by Gasteiger charge is 2.28. The number of methoxy groups -OCH3 is 2. The van der Waals surface area contributed by atoms with E-state index in [4.69, 9.17) is 9.47 Å². The number of rotatable bonds is 7. The third-order valence-electron chi connectivity index (χ3n) is 5.75. The maximum atomic E-state index is 13.0. The quantitative estimate of drug-likeness (QED) is 0.669. The monoisotopic (exact) mass is 432 g/mol. The van der Waals surface area contributed by atoms with Crippen molar-refractivity contribution in [1.82, 2.24) is 9.21 Å². The second kappa shape index (κ2) is 9.37. The normalized spacial score (nSPS) is 16.1. The lowest BCUT2D eigenvalue weighted by Gasteiger charge is -2.34. The molecule has 6 nitrogen and oxygen atoms in total. The van der Waals surface area contributed by atoms with E-state index in [1.54, 1.807) is 30.7 Å². The molecule has 3 rings (SSSR count). The number of hydrogen-bond acceptors (Lipinski definition) is 5. The third kappa shape index (κ3) is 4.79. The van der Waals surface area contributed by atoms with Gasteiger partial charge in [-0.2, -0.15) is 4.31 Å². The van der Waals surface area contributed by atoms with Crippen LogP contribution in [0.3, 0.4) is 0 Å². The fourth-order valence-electron chi connectivity index (χ4n) is 3.74. The lowest BCUT2D eigenvalue weighted by Crippen LogP contribution is -2.48. The van der Waals surface area contributed by atoms with Gasteiger partial charge in [0.1, 0.15) is 0 Å². The first-order valence-corrected chi connectivity index (χ1v) is 11.7. The molecule has 2 aromatic carbocycles. The Morgan fingerprint density at radius 3 is 2.03 bits per heavy atom. The summed E-state index contributed by atoms with van der Waals surface area (Å²) < 4.78 is 38.4. The van der Waals surface area contributed by atoms with Gasteiger partial charge in [0.15, 0.2) is 11.5 Å². The second-order valence-electron chi connectivity index (χ2n) is 8.04. The van der Waals surface area contributed by atoms with Crippen LogP contribution in [0.2, 0.25) is 0 Å². The smallest absolute Gasteiger partial charge is 0.243 e. The first-order chi connectivity index (χ1) is 14.3. The molecule has 1 aliphatic heterocycles. The summed E-state index contributed by atoms with van der Waals surface area (Å²) in [5.41, 5.74) is 3.44. The average molecular weight is 433 g/mol. The van der Waals surface area contributed by atoms with Gasteiger partial charge in [0, 0.05) is 32.7 Å². The van der Waals surface area contributed by atoms with Crippen LogP contribution in [0, 0.1) is 6.92 Å². The summed E-state index contributed by atoms with van der Waals surface area (Å²) in [4.78, 5) is 2.65. The summed E-state index contributed by atoms with van der Waals surface area (Å²) in [5, 5.41) is 0. The maximum absolute atomic E-state index is 13.0. The number of nitrogens with zero attached hydrogens (tertiary/aromatic N) is 2. The van der Waals surface area contributed by atoms with Crippen molar-refractivity contribution in [3.8, 4) is 11.5 Å². The van der Waals surface area contributed by atoms with E-state index >= 15 is 0 Å². The molecule has 30 heavy (non-hydrogen) atoms. The molecule has 1 aliphatic rings. The van der Waals surface area contributed by atoms with E-state index in [1.165, 1.54) is 0 Å². The van der Waals surface area contributed by atoms with Crippen LogP contribution in [0.5, 0.6) is 11.5 Å². The van der Waals surface area contributed by atoms with E-state index < -0.39 is 10.0 Å². The van der Waals surface area contributed by atoms with Gasteiger partial charge in [-0.3, -0.25) is 4.90 Å². The summed E-state index contributed by atoms with van der Waals surface area (Å²) in [7, 11) is -0.193. The maximum Gasteiger partial charge on any atom is 0.243 e. The number of benzene rings is 2. The number of hydrogen-bond donors (Lipinski definition) is 0. The molecule has 2 aromatic rings. The largest absolute Gasteiger partial charge is 0.493 e. The van der Waals surface area contributed by atoms with E-state index in [2.05, 4.69) is 25.7 Å². The summed E-state index contributed by atoms with van der Waals surface area (Å²) in [6.07, 6.45) is 0. The van der Waals surface area contributed by atoms with Crippen molar-refractivity contribution < 1.29 is 17.9 Å². The molecule has 0 aliphatic carbocycles. The van der Waals surface area contributed by atoms with Gasteiger partial charge in [-0.15, -0.1) is 0 Å². The Morgan fingerprint density at radius 2 is 1.50 bits per heavy atom. The van der Waals surface area contributed by atoms with Gasteiger partial charge < -0.3 is 9.47 Å². The van der Waals surface area contributed by atoms with Crippen molar-refractivity contribution in [1.29, 1.82) is 0 Å². The Labute approximate surface area is 180 Å². The van der Waals surface area contributed by atoms with Gasteiger partial charge in [0.05, 0.1) is 19.1 Å². The molecule has 0 amide bonds. The highest BCUT2D eigenvalue weighted by molar-refractivity contribution is 7.89. The predicted octanol–water partition coefficient (Wildman–Crippen LogP) is 3.64. The predicted molar refractivity (Wildman–Crippen MR) is 119 cm³/mol. The van der Waals surface area contributed by atoms with E-state index in [1.807, 2.05) is 24.3 Å².